The Morgan fingerprint density at radius 1 is 1.21 bits per heavy atom. The Morgan fingerprint density at radius 2 is 2.00 bits per heavy atom. The lowest BCUT2D eigenvalue weighted by molar-refractivity contribution is 0.102. The van der Waals surface area contributed by atoms with Crippen LogP contribution in [0, 0.1) is 12.7 Å². The lowest BCUT2D eigenvalue weighted by Crippen LogP contribution is -2.10. The van der Waals surface area contributed by atoms with E-state index in [-0.39, 0.29) is 22.9 Å². The predicted octanol–water partition coefficient (Wildman–Crippen LogP) is 5.07. The number of aromatic nitrogens is 2. The Hall–Kier alpha value is -2.77. The maximum Gasteiger partial charge on any atom is 0.260 e. The van der Waals surface area contributed by atoms with Gasteiger partial charge in [0.2, 0.25) is 0 Å². The highest BCUT2D eigenvalue weighted by Gasteiger charge is 2.14. The summed E-state index contributed by atoms with van der Waals surface area (Å²) in [4.78, 5) is 32.9. The third-order valence-corrected chi connectivity index (χ3v) is 6.07. The molecule has 4 aromatic rings. The van der Waals surface area contributed by atoms with Crippen LogP contribution in [0.2, 0.25) is 0 Å². The number of benzene rings is 2. The third kappa shape index (κ3) is 3.63. The van der Waals surface area contributed by atoms with Gasteiger partial charge in [-0.05, 0) is 36.2 Å². The molecule has 0 atom stereocenters. The van der Waals surface area contributed by atoms with Gasteiger partial charge in [0.05, 0.1) is 11.1 Å². The number of thioether (sulfide) groups is 1. The molecular formula is C21H15FN2O2S2. The number of Topliss-reactive ketones (excluding diaryl/α,β-unsaturated/α-hetero) is 1. The van der Waals surface area contributed by atoms with E-state index < -0.39 is 0 Å². The average molecular weight is 410 g/mol. The van der Waals surface area contributed by atoms with Gasteiger partial charge in [0.1, 0.15) is 10.6 Å². The molecule has 0 amide bonds. The number of hydrogen-bond donors (Lipinski definition) is 1. The van der Waals surface area contributed by atoms with Gasteiger partial charge >= 0.3 is 0 Å². The van der Waals surface area contributed by atoms with Crippen LogP contribution in [0.4, 0.5) is 4.39 Å². The van der Waals surface area contributed by atoms with E-state index in [1.54, 1.807) is 6.92 Å². The van der Waals surface area contributed by atoms with Crippen LogP contribution in [0.15, 0.2) is 63.9 Å². The summed E-state index contributed by atoms with van der Waals surface area (Å²) in [5, 5.41) is 2.87. The molecule has 4 nitrogen and oxygen atoms in total. The Morgan fingerprint density at radius 3 is 2.75 bits per heavy atom. The predicted molar refractivity (Wildman–Crippen MR) is 112 cm³/mol. The van der Waals surface area contributed by atoms with Crippen LogP contribution in [0.1, 0.15) is 15.9 Å². The number of ketones is 1. The smallest absolute Gasteiger partial charge is 0.260 e. The lowest BCUT2D eigenvalue weighted by atomic mass is 10.1. The van der Waals surface area contributed by atoms with Crippen LogP contribution in [0.25, 0.3) is 21.3 Å². The number of aryl methyl sites for hydroxylation is 1. The van der Waals surface area contributed by atoms with E-state index in [9.17, 15) is 14.0 Å². The highest BCUT2D eigenvalue weighted by molar-refractivity contribution is 7.99. The fraction of sp³-hybridized carbons (Fsp3) is 0.0952. The molecule has 0 aliphatic carbocycles. The number of fused-ring (bicyclic) bond motifs is 1. The zero-order chi connectivity index (χ0) is 19.7. The van der Waals surface area contributed by atoms with Crippen molar-refractivity contribution >= 4 is 39.1 Å². The van der Waals surface area contributed by atoms with E-state index in [0.717, 1.165) is 22.9 Å². The van der Waals surface area contributed by atoms with Crippen molar-refractivity contribution in [2.24, 2.45) is 0 Å². The van der Waals surface area contributed by atoms with Gasteiger partial charge in [-0.1, -0.05) is 42.1 Å². The summed E-state index contributed by atoms with van der Waals surface area (Å²) < 4.78 is 13.4. The maximum absolute atomic E-state index is 13.4. The maximum atomic E-state index is 13.4. The molecule has 0 fully saturated rings. The fourth-order valence-electron chi connectivity index (χ4n) is 2.86. The van der Waals surface area contributed by atoms with Crippen molar-refractivity contribution in [3.8, 4) is 11.1 Å². The normalized spacial score (nSPS) is 11.1. The molecule has 0 saturated heterocycles. The molecule has 0 aliphatic heterocycles. The van der Waals surface area contributed by atoms with Gasteiger partial charge in [-0.25, -0.2) is 9.37 Å². The molecule has 0 radical (unpaired) electrons. The molecule has 1 N–H and O–H groups in total. The summed E-state index contributed by atoms with van der Waals surface area (Å²) >= 11 is 2.56. The van der Waals surface area contributed by atoms with E-state index in [2.05, 4.69) is 9.97 Å². The highest BCUT2D eigenvalue weighted by atomic mass is 32.2. The molecule has 4 rings (SSSR count). The third-order valence-electron chi connectivity index (χ3n) is 4.33. The number of thiophene rings is 1. The van der Waals surface area contributed by atoms with Crippen molar-refractivity contribution in [1.29, 1.82) is 0 Å². The lowest BCUT2D eigenvalue weighted by Gasteiger charge is -2.04. The topological polar surface area (TPSA) is 62.8 Å². The van der Waals surface area contributed by atoms with E-state index in [0.29, 0.717) is 26.5 Å². The summed E-state index contributed by atoms with van der Waals surface area (Å²) in [6, 6.07) is 14.0. The summed E-state index contributed by atoms with van der Waals surface area (Å²) in [6.45, 7) is 1.62. The largest absolute Gasteiger partial charge is 0.301 e. The number of H-pyrrole nitrogens is 1. The first-order valence-electron chi connectivity index (χ1n) is 8.52. The minimum absolute atomic E-state index is 0.108. The van der Waals surface area contributed by atoms with E-state index >= 15 is 0 Å². The summed E-state index contributed by atoms with van der Waals surface area (Å²) in [6.07, 6.45) is 0. The van der Waals surface area contributed by atoms with E-state index in [1.807, 2.05) is 35.7 Å². The van der Waals surface area contributed by atoms with Crippen molar-refractivity contribution in [2.45, 2.75) is 12.1 Å². The van der Waals surface area contributed by atoms with Crippen molar-refractivity contribution in [3.05, 3.63) is 81.2 Å². The van der Waals surface area contributed by atoms with Crippen LogP contribution in [-0.4, -0.2) is 21.5 Å². The molecule has 140 valence electrons. The second kappa shape index (κ2) is 7.69. The highest BCUT2D eigenvalue weighted by Crippen LogP contribution is 2.31. The SMILES string of the molecule is Cc1cc(C(=O)CSc2nc3scc(-c4ccccc4)c3c(=O)[nH]2)ccc1F. The van der Waals surface area contributed by atoms with Gasteiger partial charge in [-0.2, -0.15) is 0 Å². The molecular weight excluding hydrogens is 395 g/mol. The van der Waals surface area contributed by atoms with Gasteiger partial charge in [-0.15, -0.1) is 11.3 Å². The minimum Gasteiger partial charge on any atom is -0.301 e. The monoisotopic (exact) mass is 410 g/mol. The van der Waals surface area contributed by atoms with Gasteiger partial charge in [-0.3, -0.25) is 9.59 Å². The molecule has 7 heteroatoms. The molecule has 0 bridgehead atoms. The Labute approximate surface area is 168 Å². The van der Waals surface area contributed by atoms with Gasteiger partial charge in [0.15, 0.2) is 10.9 Å². The second-order valence-corrected chi connectivity index (χ2v) is 8.06. The molecule has 2 heterocycles. The minimum atomic E-state index is -0.340. The van der Waals surface area contributed by atoms with Crippen molar-refractivity contribution in [1.82, 2.24) is 9.97 Å². The molecule has 28 heavy (non-hydrogen) atoms. The molecule has 0 aliphatic rings. The van der Waals surface area contributed by atoms with Crippen molar-refractivity contribution < 1.29 is 9.18 Å². The Balaban J connectivity index is 1.58. The molecule has 0 spiro atoms. The molecule has 2 aromatic carbocycles. The Kier molecular flexibility index (Phi) is 5.11. The molecule has 0 unspecified atom stereocenters. The van der Waals surface area contributed by atoms with Crippen LogP contribution in [0.5, 0.6) is 0 Å². The number of halogens is 1. The molecule has 2 aromatic heterocycles. The quantitative estimate of drug-likeness (QED) is 0.283. The van der Waals surface area contributed by atoms with Crippen molar-refractivity contribution in [2.75, 3.05) is 5.75 Å². The van der Waals surface area contributed by atoms with E-state index in [1.165, 1.54) is 29.5 Å². The second-order valence-electron chi connectivity index (χ2n) is 6.24. The van der Waals surface area contributed by atoms with Crippen LogP contribution < -0.4 is 5.56 Å². The first kappa shape index (κ1) is 18.6. The van der Waals surface area contributed by atoms with Gasteiger partial charge < -0.3 is 4.98 Å². The van der Waals surface area contributed by atoms with Crippen molar-refractivity contribution in [3.63, 3.8) is 0 Å². The number of nitrogens with zero attached hydrogens (tertiary/aromatic N) is 1. The van der Waals surface area contributed by atoms with Crippen LogP contribution in [0.3, 0.4) is 0 Å². The summed E-state index contributed by atoms with van der Waals surface area (Å²) in [5.41, 5.74) is 2.46. The standard InChI is InChI=1S/C21H15FN2O2S2/c1-12-9-14(7-8-16(12)22)17(25)11-28-21-23-19(26)18-15(10-27-20(18)24-21)13-5-3-2-4-6-13/h2-10H,11H2,1H3,(H,23,24,26). The summed E-state index contributed by atoms with van der Waals surface area (Å²) in [7, 11) is 0. The van der Waals surface area contributed by atoms with Crippen LogP contribution >= 0.6 is 23.1 Å². The number of hydrogen-bond acceptors (Lipinski definition) is 5. The first-order valence-corrected chi connectivity index (χ1v) is 10.4. The number of aromatic amines is 1. The van der Waals surface area contributed by atoms with E-state index in [4.69, 9.17) is 0 Å². The zero-order valence-electron chi connectivity index (χ0n) is 14.9. The zero-order valence-corrected chi connectivity index (χ0v) is 16.5. The van der Waals surface area contributed by atoms with Gasteiger partial charge in [0.25, 0.3) is 5.56 Å². The number of nitrogens with one attached hydrogen (secondary N) is 1. The summed E-state index contributed by atoms with van der Waals surface area (Å²) in [5.74, 6) is -0.379. The first-order chi connectivity index (χ1) is 13.5. The fourth-order valence-corrected chi connectivity index (χ4v) is 4.62. The van der Waals surface area contributed by atoms with Gasteiger partial charge in [0, 0.05) is 16.5 Å². The molecule has 0 saturated carbocycles. The average Bonchev–Trinajstić information content (AvgIpc) is 3.13. The van der Waals surface area contributed by atoms with Crippen LogP contribution in [-0.2, 0) is 0 Å². The number of carbonyl (C=O) groups excluding carboxylic acids is 1. The number of carbonyl (C=O) groups is 1. The number of rotatable bonds is 5. The Bertz CT molecular complexity index is 1230.